The Kier molecular flexibility index (Phi) is 3.45. The van der Waals surface area contributed by atoms with Crippen LogP contribution in [0.25, 0.3) is 6.20 Å². The van der Waals surface area contributed by atoms with Gasteiger partial charge in [0.1, 0.15) is 0 Å². The predicted octanol–water partition coefficient (Wildman–Crippen LogP) is 0.699. The molecule has 84 valence electrons. The van der Waals surface area contributed by atoms with E-state index >= 15 is 0 Å². The van der Waals surface area contributed by atoms with Crippen molar-refractivity contribution in [1.82, 2.24) is 25.2 Å². The van der Waals surface area contributed by atoms with Crippen molar-refractivity contribution in [2.75, 3.05) is 6.54 Å². The van der Waals surface area contributed by atoms with Crippen LogP contribution in [0.5, 0.6) is 0 Å². The van der Waals surface area contributed by atoms with Crippen LogP contribution in [-0.2, 0) is 13.0 Å². The van der Waals surface area contributed by atoms with Crippen LogP contribution in [0, 0.1) is 0 Å². The van der Waals surface area contributed by atoms with Crippen LogP contribution in [0.15, 0.2) is 29.9 Å². The lowest BCUT2D eigenvalue weighted by Gasteiger charge is -1.99. The fourth-order valence-corrected chi connectivity index (χ4v) is 1.30. The highest BCUT2D eigenvalue weighted by atomic mass is 16.5. The van der Waals surface area contributed by atoms with Crippen molar-refractivity contribution in [3.63, 3.8) is 0 Å². The van der Waals surface area contributed by atoms with Gasteiger partial charge in [0.15, 0.2) is 5.82 Å². The first kappa shape index (κ1) is 10.6. The van der Waals surface area contributed by atoms with Gasteiger partial charge in [0.25, 0.3) is 0 Å². The van der Waals surface area contributed by atoms with Crippen molar-refractivity contribution in [2.24, 2.45) is 0 Å². The Morgan fingerprint density at radius 1 is 1.56 bits per heavy atom. The van der Waals surface area contributed by atoms with E-state index in [9.17, 15) is 0 Å². The highest BCUT2D eigenvalue weighted by molar-refractivity contribution is 5.17. The zero-order valence-electron chi connectivity index (χ0n) is 8.83. The maximum atomic E-state index is 4.63. The van der Waals surface area contributed by atoms with E-state index in [-0.39, 0.29) is 0 Å². The van der Waals surface area contributed by atoms with Crippen LogP contribution in [0.4, 0.5) is 0 Å². The summed E-state index contributed by atoms with van der Waals surface area (Å²) in [7, 11) is 0. The number of hydrogen-bond donors (Lipinski definition) is 1. The van der Waals surface area contributed by atoms with Gasteiger partial charge in [-0.15, -0.1) is 0 Å². The second kappa shape index (κ2) is 5.22. The number of rotatable bonds is 6. The molecule has 0 spiro atoms. The Labute approximate surface area is 93.0 Å². The SMILES string of the molecule is C=Cn1cc(CNCCc2ncon2)cn1. The first-order chi connectivity index (χ1) is 7.88. The highest BCUT2D eigenvalue weighted by Crippen LogP contribution is 1.97. The van der Waals surface area contributed by atoms with Gasteiger partial charge >= 0.3 is 0 Å². The molecule has 0 bridgehead atoms. The number of aromatic nitrogens is 4. The Morgan fingerprint density at radius 2 is 2.50 bits per heavy atom. The molecule has 2 aromatic heterocycles. The maximum Gasteiger partial charge on any atom is 0.213 e. The Balaban J connectivity index is 1.70. The molecule has 16 heavy (non-hydrogen) atoms. The van der Waals surface area contributed by atoms with Gasteiger partial charge in [0, 0.05) is 37.5 Å². The topological polar surface area (TPSA) is 68.8 Å². The molecule has 0 aromatic carbocycles. The minimum Gasteiger partial charge on any atom is -0.343 e. The second-order valence-corrected chi connectivity index (χ2v) is 3.29. The molecule has 0 aliphatic heterocycles. The average Bonchev–Trinajstić information content (AvgIpc) is 2.95. The molecule has 0 atom stereocenters. The van der Waals surface area contributed by atoms with Crippen LogP contribution in [0.1, 0.15) is 11.4 Å². The number of hydrogen-bond acceptors (Lipinski definition) is 5. The largest absolute Gasteiger partial charge is 0.343 e. The molecule has 6 nitrogen and oxygen atoms in total. The molecule has 0 saturated heterocycles. The third-order valence-corrected chi connectivity index (χ3v) is 2.10. The minimum absolute atomic E-state index is 0.717. The fourth-order valence-electron chi connectivity index (χ4n) is 1.30. The van der Waals surface area contributed by atoms with E-state index in [0.29, 0.717) is 5.82 Å². The molecule has 0 aliphatic carbocycles. The lowest BCUT2D eigenvalue weighted by atomic mass is 10.3. The molecule has 2 heterocycles. The van der Waals surface area contributed by atoms with Crippen molar-refractivity contribution in [2.45, 2.75) is 13.0 Å². The van der Waals surface area contributed by atoms with Crippen molar-refractivity contribution >= 4 is 6.20 Å². The summed E-state index contributed by atoms with van der Waals surface area (Å²) in [5.41, 5.74) is 1.12. The molecule has 0 unspecified atom stereocenters. The molecule has 0 amide bonds. The maximum absolute atomic E-state index is 4.63. The average molecular weight is 219 g/mol. The molecule has 1 N–H and O–H groups in total. The van der Waals surface area contributed by atoms with E-state index < -0.39 is 0 Å². The zero-order valence-corrected chi connectivity index (χ0v) is 8.83. The highest BCUT2D eigenvalue weighted by Gasteiger charge is 1.99. The van der Waals surface area contributed by atoms with E-state index in [1.807, 2.05) is 12.4 Å². The predicted molar refractivity (Wildman–Crippen MR) is 58.3 cm³/mol. The van der Waals surface area contributed by atoms with Gasteiger partial charge in [-0.2, -0.15) is 10.1 Å². The molecule has 2 rings (SSSR count). The van der Waals surface area contributed by atoms with E-state index in [1.165, 1.54) is 6.39 Å². The van der Waals surface area contributed by atoms with Crippen LogP contribution >= 0.6 is 0 Å². The van der Waals surface area contributed by atoms with Gasteiger partial charge in [-0.05, 0) is 0 Å². The number of nitrogens with one attached hydrogen (secondary N) is 1. The molecular weight excluding hydrogens is 206 g/mol. The second-order valence-electron chi connectivity index (χ2n) is 3.29. The first-order valence-electron chi connectivity index (χ1n) is 5.00. The van der Waals surface area contributed by atoms with Crippen LogP contribution in [-0.4, -0.2) is 26.5 Å². The lowest BCUT2D eigenvalue weighted by Crippen LogP contribution is -2.16. The third kappa shape index (κ3) is 2.77. The normalized spacial score (nSPS) is 10.5. The van der Waals surface area contributed by atoms with E-state index in [4.69, 9.17) is 0 Å². The summed E-state index contributed by atoms with van der Waals surface area (Å²) in [5, 5.41) is 11.1. The summed E-state index contributed by atoms with van der Waals surface area (Å²) >= 11 is 0. The van der Waals surface area contributed by atoms with Crippen molar-refractivity contribution in [3.05, 3.63) is 36.8 Å². The Morgan fingerprint density at radius 3 is 3.19 bits per heavy atom. The fraction of sp³-hybridized carbons (Fsp3) is 0.300. The Hall–Kier alpha value is -1.95. The van der Waals surface area contributed by atoms with E-state index in [2.05, 4.69) is 31.7 Å². The van der Waals surface area contributed by atoms with Crippen LogP contribution in [0.2, 0.25) is 0 Å². The summed E-state index contributed by atoms with van der Waals surface area (Å²) < 4.78 is 6.31. The standard InChI is InChI=1S/C10H13N5O/c1-2-15-7-9(6-13-15)5-11-4-3-10-12-8-16-14-10/h2,6-8,11H,1,3-5H2. The van der Waals surface area contributed by atoms with Gasteiger partial charge in [0.2, 0.25) is 6.39 Å². The summed E-state index contributed by atoms with van der Waals surface area (Å²) in [5.74, 6) is 0.717. The van der Waals surface area contributed by atoms with Crippen LogP contribution < -0.4 is 5.32 Å². The molecule has 0 fully saturated rings. The van der Waals surface area contributed by atoms with Gasteiger partial charge in [-0.3, -0.25) is 0 Å². The molecule has 0 radical (unpaired) electrons. The van der Waals surface area contributed by atoms with E-state index in [1.54, 1.807) is 10.9 Å². The molecule has 0 saturated carbocycles. The van der Waals surface area contributed by atoms with Crippen molar-refractivity contribution in [1.29, 1.82) is 0 Å². The van der Waals surface area contributed by atoms with Gasteiger partial charge in [-0.1, -0.05) is 11.7 Å². The summed E-state index contributed by atoms with van der Waals surface area (Å²) in [6, 6.07) is 0. The molecular formula is C10H13N5O. The molecule has 0 aliphatic rings. The lowest BCUT2D eigenvalue weighted by molar-refractivity contribution is 0.409. The smallest absolute Gasteiger partial charge is 0.213 e. The third-order valence-electron chi connectivity index (χ3n) is 2.10. The Bertz CT molecular complexity index is 434. The van der Waals surface area contributed by atoms with Gasteiger partial charge in [-0.25, -0.2) is 4.68 Å². The molecule has 2 aromatic rings. The molecule has 6 heteroatoms. The zero-order chi connectivity index (χ0) is 11.2. The van der Waals surface area contributed by atoms with E-state index in [0.717, 1.165) is 25.1 Å². The van der Waals surface area contributed by atoms with Gasteiger partial charge in [0.05, 0.1) is 6.20 Å². The van der Waals surface area contributed by atoms with Gasteiger partial charge < -0.3 is 9.84 Å². The minimum atomic E-state index is 0.717. The summed E-state index contributed by atoms with van der Waals surface area (Å²) in [6.45, 7) is 5.20. The number of nitrogens with zero attached hydrogens (tertiary/aromatic N) is 4. The van der Waals surface area contributed by atoms with Crippen molar-refractivity contribution < 1.29 is 4.52 Å². The van der Waals surface area contributed by atoms with Crippen molar-refractivity contribution in [3.8, 4) is 0 Å². The van der Waals surface area contributed by atoms with Crippen LogP contribution in [0.3, 0.4) is 0 Å². The summed E-state index contributed by atoms with van der Waals surface area (Å²) in [4.78, 5) is 3.93. The first-order valence-corrected chi connectivity index (χ1v) is 5.00. The summed E-state index contributed by atoms with van der Waals surface area (Å²) in [6.07, 6.45) is 7.48. The quantitative estimate of drug-likeness (QED) is 0.724. The monoisotopic (exact) mass is 219 g/mol.